The van der Waals surface area contributed by atoms with Crippen molar-refractivity contribution in [2.45, 2.75) is 0 Å². The predicted molar refractivity (Wildman–Crippen MR) is 111 cm³/mol. The minimum absolute atomic E-state index is 0.512. The highest BCUT2D eigenvalue weighted by atomic mass is 35.5. The summed E-state index contributed by atoms with van der Waals surface area (Å²) in [5, 5.41) is 11.9. The molecule has 0 amide bonds. The van der Waals surface area contributed by atoms with E-state index in [-0.39, 0.29) is 0 Å². The number of aromatic nitrogens is 2. The summed E-state index contributed by atoms with van der Waals surface area (Å²) in [6.07, 6.45) is 1.73. The monoisotopic (exact) mass is 414 g/mol. The molecular weight excluding hydrogens is 403 g/mol. The second kappa shape index (κ2) is 7.92. The zero-order valence-corrected chi connectivity index (χ0v) is 16.1. The predicted octanol–water partition coefficient (Wildman–Crippen LogP) is 6.22. The average Bonchev–Trinajstić information content (AvgIpc) is 3.32. The lowest BCUT2D eigenvalue weighted by atomic mass is 10.1. The second-order valence-corrected chi connectivity index (χ2v) is 7.22. The number of benzene rings is 2. The molecule has 0 atom stereocenters. The summed E-state index contributed by atoms with van der Waals surface area (Å²) >= 11 is 13.6. The first-order valence-electron chi connectivity index (χ1n) is 7.91. The minimum atomic E-state index is 0.512. The van der Waals surface area contributed by atoms with Crippen LogP contribution in [0.4, 0.5) is 5.13 Å². The molecule has 4 rings (SSSR count). The van der Waals surface area contributed by atoms with Gasteiger partial charge in [-0.1, -0.05) is 58.7 Å². The highest BCUT2D eigenvalue weighted by molar-refractivity contribution is 7.14. The number of hydrazone groups is 1. The van der Waals surface area contributed by atoms with Crippen LogP contribution < -0.4 is 5.43 Å². The van der Waals surface area contributed by atoms with Gasteiger partial charge >= 0.3 is 0 Å². The van der Waals surface area contributed by atoms with Crippen LogP contribution >= 0.6 is 34.5 Å². The molecule has 0 radical (unpaired) electrons. The zero-order valence-electron chi connectivity index (χ0n) is 13.8. The van der Waals surface area contributed by atoms with Gasteiger partial charge in [-0.2, -0.15) is 5.10 Å². The van der Waals surface area contributed by atoms with Crippen LogP contribution in [0.3, 0.4) is 0 Å². The SMILES string of the molecule is Clc1ccc(-c2cc(-c3csc(N/N=C\c4ccccc4)n3)on2)c(Cl)c1. The number of thiazole rings is 1. The number of rotatable bonds is 5. The van der Waals surface area contributed by atoms with Crippen molar-refractivity contribution in [2.24, 2.45) is 5.10 Å². The van der Waals surface area contributed by atoms with Crippen molar-refractivity contribution >= 4 is 45.9 Å². The Balaban J connectivity index is 1.49. The third kappa shape index (κ3) is 4.19. The summed E-state index contributed by atoms with van der Waals surface area (Å²) in [6, 6.07) is 16.8. The summed E-state index contributed by atoms with van der Waals surface area (Å²) in [4.78, 5) is 4.46. The molecule has 4 aromatic rings. The molecule has 0 aliphatic carbocycles. The normalized spacial score (nSPS) is 11.2. The van der Waals surface area contributed by atoms with Crippen LogP contribution in [0.5, 0.6) is 0 Å². The molecule has 0 saturated carbocycles. The molecule has 0 spiro atoms. The Morgan fingerprint density at radius 1 is 1.04 bits per heavy atom. The third-order valence-electron chi connectivity index (χ3n) is 3.65. The van der Waals surface area contributed by atoms with Gasteiger partial charge in [0.2, 0.25) is 5.13 Å². The van der Waals surface area contributed by atoms with Crippen LogP contribution in [0, 0.1) is 0 Å². The Bertz CT molecular complexity index is 1090. The molecule has 2 aromatic heterocycles. The molecule has 1 N–H and O–H groups in total. The van der Waals surface area contributed by atoms with E-state index in [9.17, 15) is 0 Å². The van der Waals surface area contributed by atoms with E-state index in [2.05, 4.69) is 20.7 Å². The summed E-state index contributed by atoms with van der Waals surface area (Å²) in [5.41, 5.74) is 5.95. The van der Waals surface area contributed by atoms with E-state index in [4.69, 9.17) is 27.7 Å². The van der Waals surface area contributed by atoms with Gasteiger partial charge in [-0.15, -0.1) is 11.3 Å². The van der Waals surface area contributed by atoms with Gasteiger partial charge in [-0.25, -0.2) is 4.98 Å². The highest BCUT2D eigenvalue weighted by Gasteiger charge is 2.14. The number of hydrogen-bond acceptors (Lipinski definition) is 6. The van der Waals surface area contributed by atoms with Gasteiger partial charge in [0.15, 0.2) is 5.76 Å². The molecule has 0 fully saturated rings. The van der Waals surface area contributed by atoms with E-state index >= 15 is 0 Å². The highest BCUT2D eigenvalue weighted by Crippen LogP contribution is 2.33. The lowest BCUT2D eigenvalue weighted by Crippen LogP contribution is -1.89. The van der Waals surface area contributed by atoms with Crippen molar-refractivity contribution in [1.82, 2.24) is 10.1 Å². The van der Waals surface area contributed by atoms with Gasteiger partial charge in [0.25, 0.3) is 0 Å². The van der Waals surface area contributed by atoms with Gasteiger partial charge in [0.1, 0.15) is 11.4 Å². The molecule has 5 nitrogen and oxygen atoms in total. The summed E-state index contributed by atoms with van der Waals surface area (Å²) < 4.78 is 5.41. The maximum Gasteiger partial charge on any atom is 0.203 e. The van der Waals surface area contributed by atoms with E-state index < -0.39 is 0 Å². The maximum atomic E-state index is 6.23. The Labute approximate surface area is 169 Å². The van der Waals surface area contributed by atoms with E-state index in [1.165, 1.54) is 11.3 Å². The zero-order chi connectivity index (χ0) is 18.6. The number of halogens is 2. The Kier molecular flexibility index (Phi) is 5.20. The average molecular weight is 415 g/mol. The van der Waals surface area contributed by atoms with Crippen LogP contribution in [0.1, 0.15) is 5.56 Å². The number of nitrogens with one attached hydrogen (secondary N) is 1. The van der Waals surface area contributed by atoms with E-state index in [1.807, 2.05) is 35.7 Å². The van der Waals surface area contributed by atoms with Crippen molar-refractivity contribution in [1.29, 1.82) is 0 Å². The molecule has 134 valence electrons. The Morgan fingerprint density at radius 3 is 2.70 bits per heavy atom. The third-order valence-corrected chi connectivity index (χ3v) is 4.94. The first kappa shape index (κ1) is 17.7. The fourth-order valence-corrected chi connectivity index (χ4v) is 3.51. The molecule has 8 heteroatoms. The minimum Gasteiger partial charge on any atom is -0.354 e. The number of hydrogen-bond donors (Lipinski definition) is 1. The largest absolute Gasteiger partial charge is 0.354 e. The van der Waals surface area contributed by atoms with Crippen molar-refractivity contribution < 1.29 is 4.52 Å². The summed E-state index contributed by atoms with van der Waals surface area (Å²) in [7, 11) is 0. The summed E-state index contributed by atoms with van der Waals surface area (Å²) in [5.74, 6) is 0.548. The van der Waals surface area contributed by atoms with Crippen LogP contribution in [0.15, 0.2) is 69.6 Å². The molecule has 0 unspecified atom stereocenters. The van der Waals surface area contributed by atoms with E-state index in [0.717, 1.165) is 11.1 Å². The molecule has 0 saturated heterocycles. The number of anilines is 1. The molecule has 0 aliphatic heterocycles. The van der Waals surface area contributed by atoms with Crippen molar-refractivity contribution in [3.8, 4) is 22.7 Å². The quantitative estimate of drug-likeness (QED) is 0.311. The Hall–Kier alpha value is -2.67. The first-order chi connectivity index (χ1) is 13.2. The number of nitrogens with zero attached hydrogens (tertiary/aromatic N) is 3. The first-order valence-corrected chi connectivity index (χ1v) is 9.55. The van der Waals surface area contributed by atoms with Gasteiger partial charge < -0.3 is 4.52 Å². The topological polar surface area (TPSA) is 63.3 Å². The van der Waals surface area contributed by atoms with Gasteiger partial charge in [0.05, 0.1) is 11.2 Å². The van der Waals surface area contributed by atoms with Gasteiger partial charge in [-0.3, -0.25) is 5.43 Å². The lowest BCUT2D eigenvalue weighted by molar-refractivity contribution is 0.434. The molecule has 2 heterocycles. The fraction of sp³-hybridized carbons (Fsp3) is 0. The van der Waals surface area contributed by atoms with Crippen LogP contribution in [-0.4, -0.2) is 16.4 Å². The van der Waals surface area contributed by atoms with Crippen molar-refractivity contribution in [3.63, 3.8) is 0 Å². The lowest BCUT2D eigenvalue weighted by Gasteiger charge is -1.99. The van der Waals surface area contributed by atoms with Crippen LogP contribution in [-0.2, 0) is 0 Å². The van der Waals surface area contributed by atoms with Crippen LogP contribution in [0.25, 0.3) is 22.7 Å². The molecule has 0 aliphatic rings. The van der Waals surface area contributed by atoms with Gasteiger partial charge in [0, 0.05) is 22.0 Å². The molecule has 0 bridgehead atoms. The molecular formula is C19H12Cl2N4OS. The Morgan fingerprint density at radius 2 is 1.89 bits per heavy atom. The van der Waals surface area contributed by atoms with E-state index in [0.29, 0.717) is 32.3 Å². The maximum absolute atomic E-state index is 6.23. The fourth-order valence-electron chi connectivity index (χ4n) is 2.36. The summed E-state index contributed by atoms with van der Waals surface area (Å²) in [6.45, 7) is 0. The molecule has 27 heavy (non-hydrogen) atoms. The van der Waals surface area contributed by atoms with Gasteiger partial charge in [-0.05, 0) is 23.8 Å². The van der Waals surface area contributed by atoms with Crippen molar-refractivity contribution in [2.75, 3.05) is 5.43 Å². The smallest absolute Gasteiger partial charge is 0.203 e. The van der Waals surface area contributed by atoms with E-state index in [1.54, 1.807) is 30.5 Å². The second-order valence-electron chi connectivity index (χ2n) is 5.52. The van der Waals surface area contributed by atoms with Crippen molar-refractivity contribution in [3.05, 3.63) is 75.6 Å². The standard InChI is InChI=1S/C19H12Cl2N4OS/c20-13-6-7-14(15(21)8-13)16-9-18(26-25-16)17-11-27-19(23-17)24-22-10-12-4-2-1-3-5-12/h1-11H,(H,23,24)/b22-10-. The van der Waals surface area contributed by atoms with Crippen LogP contribution in [0.2, 0.25) is 10.0 Å². The molecule has 2 aromatic carbocycles.